The van der Waals surface area contributed by atoms with Crippen LogP contribution in [0.4, 0.5) is 13.2 Å². The van der Waals surface area contributed by atoms with Crippen LogP contribution in [0, 0.1) is 11.8 Å². The number of hydrogen-bond donors (Lipinski definition) is 1. The lowest BCUT2D eigenvalue weighted by molar-refractivity contribution is -0.145. The van der Waals surface area contributed by atoms with Crippen LogP contribution in [0.2, 0.25) is 0 Å². The molecule has 7 heteroatoms. The summed E-state index contributed by atoms with van der Waals surface area (Å²) >= 11 is 0. The number of carboxylic acids is 1. The first-order chi connectivity index (χ1) is 11.2. The van der Waals surface area contributed by atoms with E-state index in [-0.39, 0.29) is 23.8 Å². The zero-order valence-corrected chi connectivity index (χ0v) is 13.3. The lowest BCUT2D eigenvalue weighted by atomic mass is 9.86. The second kappa shape index (κ2) is 7.23. The van der Waals surface area contributed by atoms with E-state index in [1.165, 1.54) is 17.0 Å². The van der Waals surface area contributed by atoms with E-state index in [9.17, 15) is 22.8 Å². The van der Waals surface area contributed by atoms with Gasteiger partial charge < -0.3 is 10.0 Å². The van der Waals surface area contributed by atoms with E-state index < -0.39 is 24.5 Å². The van der Waals surface area contributed by atoms with Crippen molar-refractivity contribution in [1.29, 1.82) is 0 Å². The van der Waals surface area contributed by atoms with Crippen molar-refractivity contribution in [1.82, 2.24) is 4.90 Å². The molecule has 1 heterocycles. The van der Waals surface area contributed by atoms with Crippen LogP contribution in [-0.4, -0.2) is 41.1 Å². The van der Waals surface area contributed by atoms with Gasteiger partial charge in [-0.1, -0.05) is 25.1 Å². The highest BCUT2D eigenvalue weighted by Gasteiger charge is 2.34. The second-order valence-corrected chi connectivity index (χ2v) is 6.23. The van der Waals surface area contributed by atoms with Crippen molar-refractivity contribution >= 4 is 11.9 Å². The van der Waals surface area contributed by atoms with Gasteiger partial charge in [-0.25, -0.2) is 0 Å². The summed E-state index contributed by atoms with van der Waals surface area (Å²) in [5, 5.41) is 9.13. The number of piperidine rings is 1. The Hall–Kier alpha value is -2.05. The molecule has 0 radical (unpaired) electrons. The molecule has 0 spiro atoms. The number of rotatable bonds is 4. The summed E-state index contributed by atoms with van der Waals surface area (Å²) in [4.78, 5) is 25.3. The average Bonchev–Trinajstić information content (AvgIpc) is 2.51. The summed E-state index contributed by atoms with van der Waals surface area (Å²) in [6, 6.07) is 6.30. The van der Waals surface area contributed by atoms with Crippen LogP contribution in [0.3, 0.4) is 0 Å². The molecule has 1 amide bonds. The molecule has 2 rings (SSSR count). The molecule has 1 fully saturated rings. The van der Waals surface area contributed by atoms with Crippen molar-refractivity contribution in [2.24, 2.45) is 11.8 Å². The third-order valence-corrected chi connectivity index (χ3v) is 4.44. The third-order valence-electron chi connectivity index (χ3n) is 4.44. The number of amides is 1. The first kappa shape index (κ1) is 18.3. The van der Waals surface area contributed by atoms with Gasteiger partial charge in [-0.15, -0.1) is 0 Å². The molecule has 1 aromatic rings. The summed E-state index contributed by atoms with van der Waals surface area (Å²) < 4.78 is 37.3. The molecule has 0 aliphatic carbocycles. The van der Waals surface area contributed by atoms with Crippen LogP contribution in [0.1, 0.15) is 35.7 Å². The minimum atomic E-state index is -4.27. The van der Waals surface area contributed by atoms with Crippen molar-refractivity contribution in [2.75, 3.05) is 13.1 Å². The number of carboxylic acid groups (broad SMARTS) is 1. The highest BCUT2D eigenvalue weighted by atomic mass is 19.4. The van der Waals surface area contributed by atoms with Gasteiger partial charge in [0.05, 0.1) is 5.92 Å². The van der Waals surface area contributed by atoms with E-state index in [0.29, 0.717) is 25.1 Å². The van der Waals surface area contributed by atoms with Gasteiger partial charge in [-0.3, -0.25) is 9.59 Å². The fraction of sp³-hybridized carbons (Fsp3) is 0.529. The summed E-state index contributed by atoms with van der Waals surface area (Å²) in [6.07, 6.45) is -5.14. The minimum Gasteiger partial charge on any atom is -0.481 e. The molecule has 0 saturated carbocycles. The lowest BCUT2D eigenvalue weighted by Gasteiger charge is -2.35. The van der Waals surface area contributed by atoms with Crippen molar-refractivity contribution in [3.05, 3.63) is 35.4 Å². The number of aryl methyl sites for hydroxylation is 1. The summed E-state index contributed by atoms with van der Waals surface area (Å²) in [6.45, 7) is 2.37. The summed E-state index contributed by atoms with van der Waals surface area (Å²) in [5.74, 6) is -1.89. The Kier molecular flexibility index (Phi) is 5.51. The van der Waals surface area contributed by atoms with Crippen molar-refractivity contribution < 1.29 is 27.9 Å². The maximum Gasteiger partial charge on any atom is 0.389 e. The van der Waals surface area contributed by atoms with Crippen LogP contribution in [0.5, 0.6) is 0 Å². The van der Waals surface area contributed by atoms with Gasteiger partial charge in [0.1, 0.15) is 0 Å². The third kappa shape index (κ3) is 4.49. The molecule has 1 N–H and O–H groups in total. The molecule has 24 heavy (non-hydrogen) atoms. The number of alkyl halides is 3. The van der Waals surface area contributed by atoms with E-state index in [1.807, 2.05) is 0 Å². The smallest absolute Gasteiger partial charge is 0.389 e. The molecule has 1 saturated heterocycles. The molecule has 132 valence electrons. The fourth-order valence-electron chi connectivity index (χ4n) is 3.09. The molecule has 1 aliphatic heterocycles. The van der Waals surface area contributed by atoms with Crippen LogP contribution < -0.4 is 0 Å². The first-order valence-corrected chi connectivity index (χ1v) is 7.86. The average molecular weight is 343 g/mol. The first-order valence-electron chi connectivity index (χ1n) is 7.86. The quantitative estimate of drug-likeness (QED) is 0.912. The Morgan fingerprint density at radius 1 is 1.29 bits per heavy atom. The predicted octanol–water partition coefficient (Wildman–Crippen LogP) is 3.36. The van der Waals surface area contributed by atoms with Crippen molar-refractivity contribution in [3.63, 3.8) is 0 Å². The number of halogens is 3. The van der Waals surface area contributed by atoms with Gasteiger partial charge in [0.25, 0.3) is 5.91 Å². The van der Waals surface area contributed by atoms with Crippen LogP contribution in [0.15, 0.2) is 24.3 Å². The van der Waals surface area contributed by atoms with Gasteiger partial charge in [-0.05, 0) is 30.4 Å². The normalized spacial score (nSPS) is 21.6. The van der Waals surface area contributed by atoms with Gasteiger partial charge in [-0.2, -0.15) is 13.2 Å². The van der Waals surface area contributed by atoms with E-state index >= 15 is 0 Å². The highest BCUT2D eigenvalue weighted by molar-refractivity contribution is 5.95. The standard InChI is InChI=1S/C17H20F3NO3/c1-11-10-21(9-7-13(11)16(23)24)15(22)14-5-3-2-4-12(14)6-8-17(18,19)20/h2-5,11,13H,6-10H2,1H3,(H,23,24). The Bertz CT molecular complexity index is 615. The molecule has 1 aliphatic rings. The summed E-state index contributed by atoms with van der Waals surface area (Å²) in [7, 11) is 0. The zero-order chi connectivity index (χ0) is 17.9. The molecular formula is C17H20F3NO3. The van der Waals surface area contributed by atoms with Gasteiger partial charge in [0, 0.05) is 25.1 Å². The number of benzene rings is 1. The molecule has 2 unspecified atom stereocenters. The Balaban J connectivity index is 2.12. The molecule has 0 aromatic heterocycles. The molecule has 1 aromatic carbocycles. The maximum absolute atomic E-state index is 12.7. The SMILES string of the molecule is CC1CN(C(=O)c2ccccc2CCC(F)(F)F)CCC1C(=O)O. The number of carbonyl (C=O) groups excluding carboxylic acids is 1. The van der Waals surface area contributed by atoms with Crippen LogP contribution in [-0.2, 0) is 11.2 Å². The second-order valence-electron chi connectivity index (χ2n) is 6.23. The Morgan fingerprint density at radius 2 is 1.96 bits per heavy atom. The molecule has 4 nitrogen and oxygen atoms in total. The molecular weight excluding hydrogens is 323 g/mol. The summed E-state index contributed by atoms with van der Waals surface area (Å²) in [5.41, 5.74) is 0.635. The number of aliphatic carboxylic acids is 1. The van der Waals surface area contributed by atoms with Crippen LogP contribution >= 0.6 is 0 Å². The zero-order valence-electron chi connectivity index (χ0n) is 13.3. The van der Waals surface area contributed by atoms with Gasteiger partial charge in [0.15, 0.2) is 0 Å². The Labute approximate surface area is 138 Å². The van der Waals surface area contributed by atoms with Gasteiger partial charge >= 0.3 is 12.1 Å². The monoisotopic (exact) mass is 343 g/mol. The minimum absolute atomic E-state index is 0.192. The number of carbonyl (C=O) groups is 2. The Morgan fingerprint density at radius 3 is 2.54 bits per heavy atom. The number of likely N-dealkylation sites (tertiary alicyclic amines) is 1. The van der Waals surface area contributed by atoms with E-state index in [2.05, 4.69) is 0 Å². The lowest BCUT2D eigenvalue weighted by Crippen LogP contribution is -2.45. The van der Waals surface area contributed by atoms with E-state index in [0.717, 1.165) is 0 Å². The topological polar surface area (TPSA) is 57.6 Å². The maximum atomic E-state index is 12.7. The van der Waals surface area contributed by atoms with E-state index in [4.69, 9.17) is 5.11 Å². The largest absolute Gasteiger partial charge is 0.481 e. The number of hydrogen-bond acceptors (Lipinski definition) is 2. The van der Waals surface area contributed by atoms with Crippen LogP contribution in [0.25, 0.3) is 0 Å². The predicted molar refractivity (Wildman–Crippen MR) is 81.6 cm³/mol. The number of nitrogens with zero attached hydrogens (tertiary/aromatic N) is 1. The molecule has 0 bridgehead atoms. The van der Waals surface area contributed by atoms with Crippen molar-refractivity contribution in [2.45, 2.75) is 32.4 Å². The van der Waals surface area contributed by atoms with Gasteiger partial charge in [0.2, 0.25) is 0 Å². The van der Waals surface area contributed by atoms with Crippen molar-refractivity contribution in [3.8, 4) is 0 Å². The van der Waals surface area contributed by atoms with E-state index in [1.54, 1.807) is 19.1 Å². The fourth-order valence-corrected chi connectivity index (χ4v) is 3.09. The molecule has 2 atom stereocenters. The highest BCUT2D eigenvalue weighted by Crippen LogP contribution is 2.27.